The second-order valence-electron chi connectivity index (χ2n) is 11.9. The van der Waals surface area contributed by atoms with Gasteiger partial charge < -0.3 is 25.0 Å². The van der Waals surface area contributed by atoms with Crippen LogP contribution < -0.4 is 20.8 Å². The Balaban J connectivity index is 1.36. The molecule has 0 atom stereocenters. The van der Waals surface area contributed by atoms with Gasteiger partial charge in [-0.1, -0.05) is 23.7 Å². The van der Waals surface area contributed by atoms with Crippen molar-refractivity contribution in [3.8, 4) is 0 Å². The zero-order chi connectivity index (χ0) is 29.5. The van der Waals surface area contributed by atoms with Crippen LogP contribution in [0.25, 0.3) is 0 Å². The molecule has 2 heterocycles. The van der Waals surface area contributed by atoms with E-state index in [1.165, 1.54) is 19.0 Å². The first-order valence-corrected chi connectivity index (χ1v) is 16.7. The highest BCUT2D eigenvalue weighted by Gasteiger charge is 2.46. The molecule has 5 rings (SSSR count). The lowest BCUT2D eigenvalue weighted by Crippen LogP contribution is -2.53. The Morgan fingerprint density at radius 2 is 1.80 bits per heavy atom. The Hall–Kier alpha value is -3.20. The smallest absolute Gasteiger partial charge is 0.294 e. The number of nitrogens with one attached hydrogen (secondary N) is 2. The number of aryl methyl sites for hydroxylation is 1. The lowest BCUT2D eigenvalue weighted by Gasteiger charge is -2.54. The summed E-state index contributed by atoms with van der Waals surface area (Å²) in [7, 11) is 1.71. The van der Waals surface area contributed by atoms with E-state index in [1.807, 2.05) is 37.3 Å². The molecule has 1 aliphatic heterocycles. The van der Waals surface area contributed by atoms with E-state index >= 15 is 0 Å². The molecule has 2 aromatic carbocycles. The quantitative estimate of drug-likeness (QED) is 0.173. The molecule has 2 N–H and O–H groups in total. The van der Waals surface area contributed by atoms with Gasteiger partial charge in [0.25, 0.3) is 5.69 Å². The zero-order valence-corrected chi connectivity index (χ0v) is 25.8. The van der Waals surface area contributed by atoms with Crippen LogP contribution in [0.4, 0.5) is 34.5 Å². The summed E-state index contributed by atoms with van der Waals surface area (Å²) >= 11 is 6.40. The van der Waals surface area contributed by atoms with Crippen LogP contribution in [0.3, 0.4) is 0 Å². The van der Waals surface area contributed by atoms with Gasteiger partial charge in [-0.05, 0) is 89.2 Å². The lowest BCUT2D eigenvalue weighted by atomic mass is 9.60. The topological polar surface area (TPSA) is 117 Å². The molecule has 1 saturated heterocycles. The first-order chi connectivity index (χ1) is 19.3. The largest absolute Gasteiger partial charge is 0.366 e. The number of nitro groups is 1. The Morgan fingerprint density at radius 3 is 2.44 bits per heavy atom. The van der Waals surface area contributed by atoms with Gasteiger partial charge in [-0.25, -0.2) is 4.98 Å². The van der Waals surface area contributed by atoms with E-state index in [2.05, 4.69) is 44.5 Å². The lowest BCUT2D eigenvalue weighted by molar-refractivity contribution is -0.384. The van der Waals surface area contributed by atoms with Crippen LogP contribution in [0.15, 0.2) is 42.6 Å². The third-order valence-corrected chi connectivity index (χ3v) is 10.3. The van der Waals surface area contributed by atoms with Gasteiger partial charge in [0.05, 0.1) is 22.5 Å². The third-order valence-electron chi connectivity index (χ3n) is 8.48. The highest BCUT2D eigenvalue weighted by molar-refractivity contribution is 7.70. The normalized spacial score (nSPS) is 17.0. The Bertz CT molecular complexity index is 1510. The second kappa shape index (κ2) is 11.2. The molecule has 1 spiro atoms. The van der Waals surface area contributed by atoms with Gasteiger partial charge in [0.15, 0.2) is 5.82 Å². The van der Waals surface area contributed by atoms with E-state index in [9.17, 15) is 14.7 Å². The number of hydrogen-bond acceptors (Lipinski definition) is 9. The minimum absolute atomic E-state index is 0.0525. The fourth-order valence-electron chi connectivity index (χ4n) is 5.96. The minimum Gasteiger partial charge on any atom is -0.366 e. The predicted molar refractivity (Wildman–Crippen MR) is 168 cm³/mol. The van der Waals surface area contributed by atoms with Gasteiger partial charge in [-0.2, -0.15) is 4.98 Å². The molecule has 1 aromatic heterocycles. The van der Waals surface area contributed by atoms with E-state index in [1.54, 1.807) is 19.4 Å². The Morgan fingerprint density at radius 1 is 1.12 bits per heavy atom. The van der Waals surface area contributed by atoms with Crippen LogP contribution in [0.1, 0.15) is 31.2 Å². The molecule has 41 heavy (non-hydrogen) atoms. The maximum Gasteiger partial charge on any atom is 0.294 e. The molecule has 2 aliphatic rings. The van der Waals surface area contributed by atoms with Crippen molar-refractivity contribution < 1.29 is 9.49 Å². The van der Waals surface area contributed by atoms with E-state index in [0.717, 1.165) is 31.5 Å². The van der Waals surface area contributed by atoms with Crippen LogP contribution in [-0.2, 0) is 4.57 Å². The van der Waals surface area contributed by atoms with Crippen LogP contribution in [0.2, 0.25) is 5.02 Å². The van der Waals surface area contributed by atoms with E-state index in [-0.39, 0.29) is 21.6 Å². The number of rotatable bonds is 8. The highest BCUT2D eigenvalue weighted by atomic mass is 35.5. The maximum absolute atomic E-state index is 12.8. The fourth-order valence-corrected chi connectivity index (χ4v) is 7.26. The third kappa shape index (κ3) is 6.20. The molecule has 12 heteroatoms. The molecule has 0 bridgehead atoms. The maximum atomic E-state index is 12.8. The molecule has 3 aromatic rings. The van der Waals surface area contributed by atoms with Gasteiger partial charge in [-0.15, -0.1) is 0 Å². The average Bonchev–Trinajstić information content (AvgIpc) is 2.89. The Labute approximate surface area is 246 Å². The number of benzene rings is 2. The van der Waals surface area contributed by atoms with Crippen molar-refractivity contribution in [3.05, 3.63) is 63.3 Å². The molecular weight excluding hydrogens is 561 g/mol. The van der Waals surface area contributed by atoms with Gasteiger partial charge in [0, 0.05) is 30.5 Å². The van der Waals surface area contributed by atoms with Crippen molar-refractivity contribution >= 4 is 58.6 Å². The summed E-state index contributed by atoms with van der Waals surface area (Å²) in [6, 6.07) is 11.4. The second-order valence-corrected chi connectivity index (χ2v) is 15.5. The minimum atomic E-state index is -2.56. The van der Waals surface area contributed by atoms with Crippen LogP contribution in [-0.4, -0.2) is 66.3 Å². The molecule has 0 amide bonds. The molecule has 1 saturated carbocycles. The number of nitrogens with zero attached hydrogens (tertiary/aromatic N) is 5. The molecule has 0 radical (unpaired) electrons. The highest BCUT2D eigenvalue weighted by Crippen LogP contribution is 2.51. The zero-order valence-electron chi connectivity index (χ0n) is 24.1. The van der Waals surface area contributed by atoms with Crippen LogP contribution in [0, 0.1) is 22.5 Å². The van der Waals surface area contributed by atoms with Crippen molar-refractivity contribution in [1.82, 2.24) is 14.9 Å². The summed E-state index contributed by atoms with van der Waals surface area (Å²) < 4.78 is 12.8. The molecule has 1 aliphatic carbocycles. The monoisotopic (exact) mass is 597 g/mol. The van der Waals surface area contributed by atoms with Gasteiger partial charge in [0.1, 0.15) is 17.9 Å². The number of halogens is 1. The van der Waals surface area contributed by atoms with E-state index in [4.69, 9.17) is 11.6 Å². The number of anilines is 5. The molecule has 0 unspecified atom stereocenters. The summed E-state index contributed by atoms with van der Waals surface area (Å²) in [4.78, 5) is 25.1. The molecule has 10 nitrogen and oxygen atoms in total. The molecule has 2 fully saturated rings. The Kier molecular flexibility index (Phi) is 8.03. The summed E-state index contributed by atoms with van der Waals surface area (Å²) in [5, 5.41) is 19.5. The van der Waals surface area contributed by atoms with Crippen LogP contribution in [0.5, 0.6) is 0 Å². The SMILES string of the molecule is Cc1cc(N2CCC3(CC2)CC(N(C)C)C3)c([N+](=O)[O-])cc1Nc1ncc(Cl)c(Nc2ccccc2P(C)(C)=O)n1. The molecule has 218 valence electrons. The number of nitro benzene ring substituents is 1. The number of hydrogen-bond donors (Lipinski definition) is 2. The van der Waals surface area contributed by atoms with Crippen molar-refractivity contribution in [1.29, 1.82) is 0 Å². The fraction of sp³-hybridized carbons (Fsp3) is 0.448. The van der Waals surface area contributed by atoms with Gasteiger partial charge >= 0.3 is 0 Å². The first kappa shape index (κ1) is 29.3. The van der Waals surface area contributed by atoms with Crippen molar-refractivity contribution in [2.75, 3.05) is 56.0 Å². The number of para-hydroxylation sites is 1. The average molecular weight is 598 g/mol. The van der Waals surface area contributed by atoms with Crippen molar-refractivity contribution in [2.24, 2.45) is 5.41 Å². The standard InChI is InChI=1S/C29H37ClN7O3P/c1-19-14-24(36-12-10-29(11-13-36)16-20(17-29)35(2)3)25(37(38)39)15-23(19)33-28-31-18-21(30)27(34-28)32-22-8-6-7-9-26(22)41(4,5)40/h6-9,14-15,18,20H,10-13,16-17H2,1-5H3,(H2,31,32,33,34). The molecular formula is C29H37ClN7O3P. The van der Waals surface area contributed by atoms with Gasteiger partial charge in [-0.3, -0.25) is 10.1 Å². The van der Waals surface area contributed by atoms with Crippen LogP contribution >= 0.6 is 18.7 Å². The predicted octanol–water partition coefficient (Wildman–Crippen LogP) is 6.39. The van der Waals surface area contributed by atoms with Crippen molar-refractivity contribution in [3.63, 3.8) is 0 Å². The summed E-state index contributed by atoms with van der Waals surface area (Å²) in [5.41, 5.74) is 3.11. The number of aromatic nitrogens is 2. The first-order valence-electron chi connectivity index (χ1n) is 13.8. The van der Waals surface area contributed by atoms with E-state index in [0.29, 0.717) is 39.6 Å². The summed E-state index contributed by atoms with van der Waals surface area (Å²) in [5.74, 6) is 0.569. The summed E-state index contributed by atoms with van der Waals surface area (Å²) in [6.07, 6.45) is 5.98. The van der Waals surface area contributed by atoms with E-state index < -0.39 is 7.14 Å². The number of piperidine rings is 1. The van der Waals surface area contributed by atoms with Gasteiger partial charge in [0.2, 0.25) is 5.95 Å². The summed E-state index contributed by atoms with van der Waals surface area (Å²) in [6.45, 7) is 6.95. The van der Waals surface area contributed by atoms with Crippen molar-refractivity contribution in [2.45, 2.75) is 38.6 Å².